The van der Waals surface area contributed by atoms with Crippen LogP contribution in [0.25, 0.3) is 0 Å². The minimum Gasteiger partial charge on any atom is -0.370 e. The highest BCUT2D eigenvalue weighted by Crippen LogP contribution is 2.28. The highest BCUT2D eigenvalue weighted by Gasteiger charge is 2.23. The van der Waals surface area contributed by atoms with E-state index in [1.54, 1.807) is 6.33 Å². The Morgan fingerprint density at radius 2 is 1.95 bits per heavy atom. The topological polar surface area (TPSA) is 44.3 Å². The zero-order chi connectivity index (χ0) is 15.2. The fraction of sp³-hybridized carbons (Fsp3) is 0.750. The first-order valence-corrected chi connectivity index (χ1v) is 8.13. The molecule has 0 saturated carbocycles. The van der Waals surface area contributed by atoms with E-state index in [4.69, 9.17) is 0 Å². The van der Waals surface area contributed by atoms with E-state index in [2.05, 4.69) is 53.0 Å². The average Bonchev–Trinajstić information content (AvgIpc) is 2.47. The molecule has 0 amide bonds. The third-order valence-electron chi connectivity index (χ3n) is 4.16. The van der Waals surface area contributed by atoms with Gasteiger partial charge in [0.15, 0.2) is 0 Å². The molecular formula is C16H29N5. The molecule has 0 atom stereocenters. The molecule has 5 nitrogen and oxygen atoms in total. The van der Waals surface area contributed by atoms with E-state index >= 15 is 0 Å². The van der Waals surface area contributed by atoms with Crippen molar-refractivity contribution in [2.45, 2.75) is 33.1 Å². The van der Waals surface area contributed by atoms with Crippen LogP contribution in [0.1, 0.15) is 32.3 Å². The molecule has 1 fully saturated rings. The summed E-state index contributed by atoms with van der Waals surface area (Å²) < 4.78 is 0. The highest BCUT2D eigenvalue weighted by atomic mass is 15.2. The Labute approximate surface area is 128 Å². The van der Waals surface area contributed by atoms with E-state index in [1.807, 2.05) is 0 Å². The Bertz CT molecular complexity index is 438. The summed E-state index contributed by atoms with van der Waals surface area (Å²) in [6.45, 7) is 8.59. The Balaban J connectivity index is 2.07. The lowest BCUT2D eigenvalue weighted by Crippen LogP contribution is -2.38. The number of piperidine rings is 1. The third-order valence-corrected chi connectivity index (χ3v) is 4.16. The van der Waals surface area contributed by atoms with E-state index in [9.17, 15) is 0 Å². The van der Waals surface area contributed by atoms with Gasteiger partial charge in [-0.25, -0.2) is 9.97 Å². The monoisotopic (exact) mass is 291 g/mol. The van der Waals surface area contributed by atoms with Crippen molar-refractivity contribution in [3.63, 3.8) is 0 Å². The second-order valence-corrected chi connectivity index (χ2v) is 6.10. The van der Waals surface area contributed by atoms with Crippen molar-refractivity contribution >= 4 is 11.6 Å². The summed E-state index contributed by atoms with van der Waals surface area (Å²) in [4.78, 5) is 13.7. The Morgan fingerprint density at radius 1 is 1.24 bits per heavy atom. The normalized spacial score (nSPS) is 16.5. The maximum absolute atomic E-state index is 4.57. The number of hydrogen-bond donors (Lipinski definition) is 1. The van der Waals surface area contributed by atoms with Gasteiger partial charge in [-0.1, -0.05) is 6.92 Å². The van der Waals surface area contributed by atoms with Crippen LogP contribution in [-0.2, 0) is 6.42 Å². The van der Waals surface area contributed by atoms with Crippen molar-refractivity contribution in [3.05, 3.63) is 11.9 Å². The second kappa shape index (κ2) is 7.59. The molecule has 0 aromatic carbocycles. The molecule has 0 aliphatic carbocycles. The van der Waals surface area contributed by atoms with Crippen LogP contribution in [0, 0.1) is 5.92 Å². The largest absolute Gasteiger partial charge is 0.370 e. The summed E-state index contributed by atoms with van der Waals surface area (Å²) in [7, 11) is 4.32. The number of nitrogens with one attached hydrogen (secondary N) is 1. The van der Waals surface area contributed by atoms with E-state index in [1.165, 1.54) is 24.9 Å². The summed E-state index contributed by atoms with van der Waals surface area (Å²) >= 11 is 0. The summed E-state index contributed by atoms with van der Waals surface area (Å²) in [5, 5.41) is 3.36. The minimum atomic E-state index is 0.816. The van der Waals surface area contributed by atoms with Crippen LogP contribution in [0.3, 0.4) is 0 Å². The highest BCUT2D eigenvalue weighted by molar-refractivity contribution is 5.58. The van der Waals surface area contributed by atoms with Crippen LogP contribution in [-0.4, -0.2) is 55.1 Å². The van der Waals surface area contributed by atoms with Gasteiger partial charge in [0.25, 0.3) is 0 Å². The molecule has 118 valence electrons. The van der Waals surface area contributed by atoms with Crippen molar-refractivity contribution in [2.75, 3.05) is 50.5 Å². The number of rotatable bonds is 6. The average molecular weight is 291 g/mol. The number of nitrogens with zero attached hydrogens (tertiary/aromatic N) is 4. The maximum atomic E-state index is 4.57. The molecule has 1 N–H and O–H groups in total. The SMILES string of the molecule is CCNc1ncnc(N2CCC(CN(C)C)CC2)c1CC. The predicted octanol–water partition coefficient (Wildman–Crippen LogP) is 2.25. The van der Waals surface area contributed by atoms with E-state index in [-0.39, 0.29) is 0 Å². The summed E-state index contributed by atoms with van der Waals surface area (Å²) in [6.07, 6.45) is 5.16. The Hall–Kier alpha value is -1.36. The van der Waals surface area contributed by atoms with Gasteiger partial charge in [0, 0.05) is 31.7 Å². The fourth-order valence-electron chi connectivity index (χ4n) is 3.16. The smallest absolute Gasteiger partial charge is 0.137 e. The van der Waals surface area contributed by atoms with Crippen LogP contribution in [0.5, 0.6) is 0 Å². The zero-order valence-electron chi connectivity index (χ0n) is 13.9. The third kappa shape index (κ3) is 4.06. The molecular weight excluding hydrogens is 262 g/mol. The van der Waals surface area contributed by atoms with Gasteiger partial charge >= 0.3 is 0 Å². The lowest BCUT2D eigenvalue weighted by molar-refractivity contribution is 0.284. The van der Waals surface area contributed by atoms with E-state index < -0.39 is 0 Å². The quantitative estimate of drug-likeness (QED) is 0.871. The van der Waals surface area contributed by atoms with Crippen LogP contribution in [0.2, 0.25) is 0 Å². The number of anilines is 2. The first-order chi connectivity index (χ1) is 10.2. The molecule has 0 spiro atoms. The molecule has 1 aromatic rings. The van der Waals surface area contributed by atoms with Crippen molar-refractivity contribution in [1.82, 2.24) is 14.9 Å². The molecule has 21 heavy (non-hydrogen) atoms. The van der Waals surface area contributed by atoms with Crippen LogP contribution >= 0.6 is 0 Å². The van der Waals surface area contributed by atoms with Crippen molar-refractivity contribution in [3.8, 4) is 0 Å². The molecule has 1 aliphatic heterocycles. The summed E-state index contributed by atoms with van der Waals surface area (Å²) in [5.74, 6) is 2.95. The van der Waals surface area contributed by atoms with E-state index in [0.717, 1.165) is 43.6 Å². The standard InChI is InChI=1S/C16H29N5/c1-5-14-15(17-6-2)18-12-19-16(14)21-9-7-13(8-10-21)11-20(3)4/h12-13H,5-11H2,1-4H3,(H,17,18,19). The van der Waals surface area contributed by atoms with Gasteiger partial charge < -0.3 is 15.1 Å². The van der Waals surface area contributed by atoms with Crippen LogP contribution < -0.4 is 10.2 Å². The van der Waals surface area contributed by atoms with Crippen LogP contribution in [0.4, 0.5) is 11.6 Å². The van der Waals surface area contributed by atoms with Crippen molar-refractivity contribution in [1.29, 1.82) is 0 Å². The van der Waals surface area contributed by atoms with Gasteiger partial charge in [-0.3, -0.25) is 0 Å². The van der Waals surface area contributed by atoms with Gasteiger partial charge in [-0.05, 0) is 46.2 Å². The first-order valence-electron chi connectivity index (χ1n) is 8.13. The zero-order valence-corrected chi connectivity index (χ0v) is 13.9. The molecule has 1 aliphatic rings. The predicted molar refractivity (Wildman–Crippen MR) is 89.1 cm³/mol. The molecule has 5 heteroatoms. The van der Waals surface area contributed by atoms with Crippen LogP contribution in [0.15, 0.2) is 6.33 Å². The molecule has 2 heterocycles. The number of aromatic nitrogens is 2. The maximum Gasteiger partial charge on any atom is 0.137 e. The van der Waals surface area contributed by atoms with Gasteiger partial charge in [-0.2, -0.15) is 0 Å². The lowest BCUT2D eigenvalue weighted by atomic mass is 9.96. The Kier molecular flexibility index (Phi) is 5.79. The van der Waals surface area contributed by atoms with Crippen molar-refractivity contribution in [2.24, 2.45) is 5.92 Å². The van der Waals surface area contributed by atoms with E-state index in [0.29, 0.717) is 0 Å². The van der Waals surface area contributed by atoms with Gasteiger partial charge in [0.1, 0.15) is 18.0 Å². The second-order valence-electron chi connectivity index (χ2n) is 6.10. The van der Waals surface area contributed by atoms with Gasteiger partial charge in [0.05, 0.1) is 0 Å². The molecule has 1 saturated heterocycles. The molecule has 2 rings (SSSR count). The molecule has 1 aromatic heterocycles. The lowest BCUT2D eigenvalue weighted by Gasteiger charge is -2.35. The fourth-order valence-corrected chi connectivity index (χ4v) is 3.16. The minimum absolute atomic E-state index is 0.816. The molecule has 0 bridgehead atoms. The number of hydrogen-bond acceptors (Lipinski definition) is 5. The van der Waals surface area contributed by atoms with Crippen molar-refractivity contribution < 1.29 is 0 Å². The first kappa shape index (κ1) is 16.0. The summed E-state index contributed by atoms with van der Waals surface area (Å²) in [6, 6.07) is 0. The Morgan fingerprint density at radius 3 is 2.52 bits per heavy atom. The molecule has 0 radical (unpaired) electrons. The summed E-state index contributed by atoms with van der Waals surface area (Å²) in [5.41, 5.74) is 1.26. The van der Waals surface area contributed by atoms with Gasteiger partial charge in [-0.15, -0.1) is 0 Å². The van der Waals surface area contributed by atoms with Gasteiger partial charge in [0.2, 0.25) is 0 Å². The molecule has 0 unspecified atom stereocenters.